The molecule has 2 saturated heterocycles. The normalized spacial score (nSPS) is 18.9. The maximum Gasteiger partial charge on any atom is 0.534 e. The first kappa shape index (κ1) is 23.4. The number of carboxylic acid groups (broad SMARTS) is 1. The van der Waals surface area contributed by atoms with Gasteiger partial charge in [0.2, 0.25) is 0 Å². The molecule has 2 heterocycles. The molecule has 1 unspecified atom stereocenters. The van der Waals surface area contributed by atoms with Gasteiger partial charge in [-0.15, -0.1) is 5.06 Å². The smallest absolute Gasteiger partial charge is 0.463 e. The summed E-state index contributed by atoms with van der Waals surface area (Å²) in [6, 6.07) is 4.38. The Morgan fingerprint density at radius 1 is 1.28 bits per heavy atom. The van der Waals surface area contributed by atoms with Crippen molar-refractivity contribution in [2.24, 2.45) is 0 Å². The topological polar surface area (TPSA) is 118 Å². The molecule has 32 heavy (non-hydrogen) atoms. The van der Waals surface area contributed by atoms with Crippen molar-refractivity contribution in [2.75, 3.05) is 49.2 Å². The highest BCUT2D eigenvalue weighted by Crippen LogP contribution is 2.28. The van der Waals surface area contributed by atoms with Gasteiger partial charge in [-0.05, 0) is 39.0 Å². The van der Waals surface area contributed by atoms with E-state index in [4.69, 9.17) is 19.0 Å². The molecule has 11 nitrogen and oxygen atoms in total. The average Bonchev–Trinajstić information content (AvgIpc) is 3.06. The summed E-state index contributed by atoms with van der Waals surface area (Å²) in [7, 11) is 0. The molecular formula is C20H26FN3O8. The molecule has 0 aliphatic carbocycles. The lowest BCUT2D eigenvalue weighted by Gasteiger charge is -2.29. The average molecular weight is 455 g/mol. The van der Waals surface area contributed by atoms with Crippen LogP contribution < -0.4 is 9.80 Å². The molecule has 2 fully saturated rings. The lowest BCUT2D eigenvalue weighted by atomic mass is 10.2. The zero-order valence-electron chi connectivity index (χ0n) is 18.1. The molecule has 12 heteroatoms. The van der Waals surface area contributed by atoms with Crippen LogP contribution in [0.2, 0.25) is 0 Å². The second kappa shape index (κ2) is 9.47. The minimum absolute atomic E-state index is 0.0589. The summed E-state index contributed by atoms with van der Waals surface area (Å²) >= 11 is 0. The van der Waals surface area contributed by atoms with E-state index in [-0.39, 0.29) is 12.2 Å². The van der Waals surface area contributed by atoms with Gasteiger partial charge in [-0.1, -0.05) is 0 Å². The SMILES string of the molecule is CC(C)(C)OC(=O)ON(CC1CN(c2ccc(N3CCOCC3)c(F)c2)C(=O)O1)C(=O)O. The van der Waals surface area contributed by atoms with Crippen molar-refractivity contribution in [2.45, 2.75) is 32.5 Å². The largest absolute Gasteiger partial charge is 0.534 e. The molecule has 176 valence electrons. The number of nitrogens with zero attached hydrogens (tertiary/aromatic N) is 3. The van der Waals surface area contributed by atoms with E-state index in [0.29, 0.717) is 37.1 Å². The van der Waals surface area contributed by atoms with Gasteiger partial charge in [-0.3, -0.25) is 4.90 Å². The summed E-state index contributed by atoms with van der Waals surface area (Å²) in [5.41, 5.74) is -0.207. The van der Waals surface area contributed by atoms with E-state index in [2.05, 4.69) is 0 Å². The monoisotopic (exact) mass is 455 g/mol. The predicted octanol–water partition coefficient (Wildman–Crippen LogP) is 2.83. The van der Waals surface area contributed by atoms with Crippen molar-refractivity contribution in [3.63, 3.8) is 0 Å². The van der Waals surface area contributed by atoms with E-state index >= 15 is 0 Å². The molecule has 0 saturated carbocycles. The first-order chi connectivity index (χ1) is 15.0. The van der Waals surface area contributed by atoms with E-state index in [1.54, 1.807) is 32.9 Å². The summed E-state index contributed by atoms with van der Waals surface area (Å²) in [5, 5.41) is 9.63. The lowest BCUT2D eigenvalue weighted by Crippen LogP contribution is -2.41. The van der Waals surface area contributed by atoms with Crippen molar-refractivity contribution in [1.29, 1.82) is 0 Å². The van der Waals surface area contributed by atoms with Gasteiger partial charge in [0.1, 0.15) is 24.1 Å². The van der Waals surface area contributed by atoms with E-state index in [1.807, 2.05) is 4.90 Å². The fourth-order valence-corrected chi connectivity index (χ4v) is 3.25. The van der Waals surface area contributed by atoms with Gasteiger partial charge in [0.25, 0.3) is 0 Å². The zero-order valence-corrected chi connectivity index (χ0v) is 18.1. The third-order valence-electron chi connectivity index (χ3n) is 4.63. The fraction of sp³-hybridized carbons (Fsp3) is 0.550. The van der Waals surface area contributed by atoms with Crippen LogP contribution in [0.5, 0.6) is 0 Å². The van der Waals surface area contributed by atoms with E-state index < -0.39 is 42.4 Å². The quantitative estimate of drug-likeness (QED) is 0.540. The maximum atomic E-state index is 14.7. The number of hydrogen-bond donors (Lipinski definition) is 1. The number of amides is 2. The third-order valence-corrected chi connectivity index (χ3v) is 4.63. The van der Waals surface area contributed by atoms with Crippen LogP contribution in [-0.2, 0) is 19.0 Å². The van der Waals surface area contributed by atoms with Crippen molar-refractivity contribution in [1.82, 2.24) is 5.06 Å². The Hall–Kier alpha value is -3.28. The molecule has 0 spiro atoms. The number of halogens is 1. The zero-order chi connectivity index (χ0) is 23.5. The van der Waals surface area contributed by atoms with Crippen LogP contribution in [0.1, 0.15) is 20.8 Å². The summed E-state index contributed by atoms with van der Waals surface area (Å²) in [5.74, 6) is -0.499. The van der Waals surface area contributed by atoms with Crippen molar-refractivity contribution >= 4 is 29.7 Å². The number of benzene rings is 1. The molecule has 2 aliphatic heterocycles. The van der Waals surface area contributed by atoms with Crippen LogP contribution in [-0.4, -0.2) is 79.6 Å². The molecule has 1 N–H and O–H groups in total. The van der Waals surface area contributed by atoms with Crippen molar-refractivity contribution in [3.05, 3.63) is 24.0 Å². The predicted molar refractivity (Wildman–Crippen MR) is 109 cm³/mol. The number of hydroxylamine groups is 2. The lowest BCUT2D eigenvalue weighted by molar-refractivity contribution is -0.131. The van der Waals surface area contributed by atoms with Crippen LogP contribution in [0.15, 0.2) is 18.2 Å². The summed E-state index contributed by atoms with van der Waals surface area (Å²) in [6.45, 7) is 6.43. The number of morpholine rings is 1. The Kier molecular flexibility index (Phi) is 6.92. The number of rotatable bonds is 4. The molecule has 0 aromatic heterocycles. The van der Waals surface area contributed by atoms with E-state index in [9.17, 15) is 23.9 Å². The number of carbonyl (C=O) groups excluding carboxylic acids is 2. The van der Waals surface area contributed by atoms with Crippen LogP contribution >= 0.6 is 0 Å². The first-order valence-corrected chi connectivity index (χ1v) is 10.1. The molecule has 2 amide bonds. The Morgan fingerprint density at radius 2 is 1.97 bits per heavy atom. The Labute approximate surface area is 184 Å². The van der Waals surface area contributed by atoms with Gasteiger partial charge in [0.15, 0.2) is 0 Å². The number of cyclic esters (lactones) is 1. The second-order valence-electron chi connectivity index (χ2n) is 8.25. The van der Waals surface area contributed by atoms with Gasteiger partial charge in [-0.25, -0.2) is 18.8 Å². The number of ether oxygens (including phenoxy) is 3. The molecule has 0 bridgehead atoms. The highest BCUT2D eigenvalue weighted by molar-refractivity contribution is 5.90. The van der Waals surface area contributed by atoms with E-state index in [0.717, 1.165) is 0 Å². The fourth-order valence-electron chi connectivity index (χ4n) is 3.25. The molecule has 3 rings (SSSR count). The van der Waals surface area contributed by atoms with Crippen LogP contribution in [0.4, 0.5) is 30.1 Å². The van der Waals surface area contributed by atoms with Crippen LogP contribution in [0, 0.1) is 5.82 Å². The van der Waals surface area contributed by atoms with Gasteiger partial charge >= 0.3 is 18.3 Å². The summed E-state index contributed by atoms with van der Waals surface area (Å²) in [4.78, 5) is 43.3. The molecule has 0 radical (unpaired) electrons. The molecule has 1 aromatic rings. The van der Waals surface area contributed by atoms with Crippen LogP contribution in [0.3, 0.4) is 0 Å². The summed E-state index contributed by atoms with van der Waals surface area (Å²) < 4.78 is 30.1. The van der Waals surface area contributed by atoms with Gasteiger partial charge in [-0.2, -0.15) is 0 Å². The number of anilines is 2. The number of carbonyl (C=O) groups is 3. The second-order valence-corrected chi connectivity index (χ2v) is 8.25. The molecular weight excluding hydrogens is 429 g/mol. The third kappa shape index (κ3) is 5.90. The highest BCUT2D eigenvalue weighted by atomic mass is 19.1. The summed E-state index contributed by atoms with van der Waals surface area (Å²) in [6.07, 6.45) is -4.48. The van der Waals surface area contributed by atoms with Crippen molar-refractivity contribution in [3.8, 4) is 0 Å². The first-order valence-electron chi connectivity index (χ1n) is 10.1. The minimum atomic E-state index is -1.56. The molecule has 2 aliphatic rings. The van der Waals surface area contributed by atoms with Crippen LogP contribution in [0.25, 0.3) is 0 Å². The van der Waals surface area contributed by atoms with Crippen molar-refractivity contribution < 1.29 is 42.9 Å². The van der Waals surface area contributed by atoms with Gasteiger partial charge in [0, 0.05) is 13.1 Å². The van der Waals surface area contributed by atoms with Gasteiger partial charge < -0.3 is 29.1 Å². The van der Waals surface area contributed by atoms with Gasteiger partial charge in [0.05, 0.1) is 31.1 Å². The highest BCUT2D eigenvalue weighted by Gasteiger charge is 2.36. The Bertz CT molecular complexity index is 869. The number of hydrogen-bond acceptors (Lipinski definition) is 8. The Balaban J connectivity index is 1.64. The molecule has 1 aromatic carbocycles. The molecule has 1 atom stereocenters. The maximum absolute atomic E-state index is 14.7. The Morgan fingerprint density at radius 3 is 2.56 bits per heavy atom. The van der Waals surface area contributed by atoms with E-state index in [1.165, 1.54) is 11.0 Å². The standard InChI is InChI=1S/C20H26FN3O8/c1-20(2,3)31-19(28)32-24(17(25)26)12-14-11-23(18(27)30-14)13-4-5-16(15(21)10-13)22-6-8-29-9-7-22/h4-5,10,14H,6-9,11-12H2,1-3H3,(H,25,26). The minimum Gasteiger partial charge on any atom is -0.463 e.